The maximum Gasteiger partial charge on any atom is 0.389 e. The molecule has 6 heteroatoms. The van der Waals surface area contributed by atoms with Crippen molar-refractivity contribution < 1.29 is 22.8 Å². The smallest absolute Gasteiger partial charge is 0.275 e. The zero-order valence-electron chi connectivity index (χ0n) is 9.29. The van der Waals surface area contributed by atoms with E-state index >= 15 is 0 Å². The van der Waals surface area contributed by atoms with Crippen LogP contribution >= 0.6 is 0 Å². The highest BCUT2D eigenvalue weighted by atomic mass is 19.4. The van der Waals surface area contributed by atoms with Gasteiger partial charge in [-0.25, -0.2) is 0 Å². The molecule has 0 atom stereocenters. The number of carbonyl (C=O) groups excluding carboxylic acids is 2. The lowest BCUT2D eigenvalue weighted by molar-refractivity contribution is -0.137. The van der Waals surface area contributed by atoms with Crippen LogP contribution in [0.5, 0.6) is 0 Å². The Morgan fingerprint density at radius 2 is 1.47 bits per heavy atom. The largest absolute Gasteiger partial charge is 0.389 e. The third-order valence-corrected chi connectivity index (χ3v) is 2.49. The Kier molecular flexibility index (Phi) is 4.72. The normalized spacial score (nSPS) is 16.1. The van der Waals surface area contributed by atoms with Crippen LogP contribution in [0.25, 0.3) is 0 Å². The van der Waals surface area contributed by atoms with E-state index in [1.807, 2.05) is 0 Å². The van der Waals surface area contributed by atoms with E-state index < -0.39 is 12.6 Å². The highest BCUT2D eigenvalue weighted by Crippen LogP contribution is 2.22. The summed E-state index contributed by atoms with van der Waals surface area (Å²) in [6, 6.07) is 0. The topological polar surface area (TPSA) is 37.4 Å². The molecule has 0 unspecified atom stereocenters. The Bertz CT molecular complexity index is 305. The predicted octanol–water partition coefficient (Wildman–Crippen LogP) is 2.42. The summed E-state index contributed by atoms with van der Waals surface area (Å²) in [4.78, 5) is 23.3. The van der Waals surface area contributed by atoms with Gasteiger partial charge in [0.05, 0.1) is 0 Å². The van der Waals surface area contributed by atoms with E-state index in [0.29, 0.717) is 19.3 Å². The number of nitrogens with zero attached hydrogens (tertiary/aromatic N) is 1. The van der Waals surface area contributed by atoms with Gasteiger partial charge in [-0.2, -0.15) is 13.2 Å². The minimum absolute atomic E-state index is 0.101. The molecule has 1 aliphatic rings. The molecule has 0 N–H and O–H groups in total. The summed E-state index contributed by atoms with van der Waals surface area (Å²) in [7, 11) is 0. The van der Waals surface area contributed by atoms with E-state index in [2.05, 4.69) is 0 Å². The fourth-order valence-corrected chi connectivity index (χ4v) is 1.60. The van der Waals surface area contributed by atoms with Crippen molar-refractivity contribution in [1.82, 2.24) is 4.90 Å². The fraction of sp³-hybridized carbons (Fsp3) is 0.636. The molecule has 17 heavy (non-hydrogen) atoms. The zero-order chi connectivity index (χ0) is 12.9. The maximum absolute atomic E-state index is 11.8. The summed E-state index contributed by atoms with van der Waals surface area (Å²) in [6.45, 7) is 0.288. The van der Waals surface area contributed by atoms with Crippen LogP contribution in [0.4, 0.5) is 13.2 Å². The highest BCUT2D eigenvalue weighted by molar-refractivity contribution is 6.12. The van der Waals surface area contributed by atoms with Gasteiger partial charge in [0, 0.05) is 25.1 Å². The van der Waals surface area contributed by atoms with Crippen LogP contribution in [0.15, 0.2) is 12.2 Å². The average molecular weight is 249 g/mol. The van der Waals surface area contributed by atoms with Crippen LogP contribution in [0.2, 0.25) is 0 Å². The summed E-state index contributed by atoms with van der Waals surface area (Å²) in [5.41, 5.74) is 0. The van der Waals surface area contributed by atoms with Crippen molar-refractivity contribution in [1.29, 1.82) is 0 Å². The van der Waals surface area contributed by atoms with Gasteiger partial charge in [0.2, 0.25) is 0 Å². The predicted molar refractivity (Wildman–Crippen MR) is 55.0 cm³/mol. The quantitative estimate of drug-likeness (QED) is 0.535. The molecule has 3 nitrogen and oxygen atoms in total. The molecular weight excluding hydrogens is 235 g/mol. The van der Waals surface area contributed by atoms with Gasteiger partial charge in [-0.1, -0.05) is 12.8 Å². The lowest BCUT2D eigenvalue weighted by Gasteiger charge is -2.13. The number of unbranched alkanes of at least 4 members (excludes halogenated alkanes) is 3. The maximum atomic E-state index is 11.8. The lowest BCUT2D eigenvalue weighted by atomic mass is 10.1. The number of halogens is 3. The molecule has 1 aliphatic heterocycles. The van der Waals surface area contributed by atoms with E-state index in [4.69, 9.17) is 0 Å². The van der Waals surface area contributed by atoms with Gasteiger partial charge >= 0.3 is 6.18 Å². The second-order valence-corrected chi connectivity index (χ2v) is 3.94. The Balaban J connectivity index is 2.05. The van der Waals surface area contributed by atoms with Gasteiger partial charge < -0.3 is 0 Å². The second-order valence-electron chi connectivity index (χ2n) is 3.94. The van der Waals surface area contributed by atoms with Crippen molar-refractivity contribution in [3.05, 3.63) is 12.2 Å². The molecule has 1 heterocycles. The second kappa shape index (κ2) is 5.84. The first kappa shape index (κ1) is 13.7. The molecule has 96 valence electrons. The third kappa shape index (κ3) is 5.01. The van der Waals surface area contributed by atoms with Gasteiger partial charge in [-0.3, -0.25) is 14.5 Å². The van der Waals surface area contributed by atoms with Crippen LogP contribution in [0.3, 0.4) is 0 Å². The number of hydrogen-bond acceptors (Lipinski definition) is 2. The van der Waals surface area contributed by atoms with Crippen molar-refractivity contribution in [3.8, 4) is 0 Å². The first-order chi connectivity index (χ1) is 7.90. The van der Waals surface area contributed by atoms with Crippen LogP contribution < -0.4 is 0 Å². The van der Waals surface area contributed by atoms with E-state index in [1.54, 1.807) is 0 Å². The van der Waals surface area contributed by atoms with Crippen LogP contribution in [-0.4, -0.2) is 29.4 Å². The minimum Gasteiger partial charge on any atom is -0.275 e. The lowest BCUT2D eigenvalue weighted by Crippen LogP contribution is -2.30. The third-order valence-electron chi connectivity index (χ3n) is 2.49. The van der Waals surface area contributed by atoms with E-state index in [1.165, 1.54) is 12.2 Å². The van der Waals surface area contributed by atoms with Crippen LogP contribution in [-0.2, 0) is 9.59 Å². The Labute approximate surface area is 97.3 Å². The number of hydrogen-bond donors (Lipinski definition) is 0. The van der Waals surface area contributed by atoms with Crippen molar-refractivity contribution in [2.75, 3.05) is 6.54 Å². The summed E-state index contributed by atoms with van der Waals surface area (Å²) in [6.07, 6.45) is -0.754. The van der Waals surface area contributed by atoms with Crippen LogP contribution in [0.1, 0.15) is 32.1 Å². The summed E-state index contributed by atoms with van der Waals surface area (Å²) in [5, 5.41) is 0. The fourth-order valence-electron chi connectivity index (χ4n) is 1.60. The molecule has 0 aromatic heterocycles. The van der Waals surface area contributed by atoms with Crippen molar-refractivity contribution in [2.24, 2.45) is 0 Å². The summed E-state index contributed by atoms with van der Waals surface area (Å²) in [5.74, 6) is -0.685. The van der Waals surface area contributed by atoms with Gasteiger partial charge in [-0.05, 0) is 12.8 Å². The van der Waals surface area contributed by atoms with Crippen molar-refractivity contribution in [2.45, 2.75) is 38.3 Å². The molecule has 0 saturated heterocycles. The van der Waals surface area contributed by atoms with Gasteiger partial charge in [0.25, 0.3) is 11.8 Å². The Morgan fingerprint density at radius 3 is 2.00 bits per heavy atom. The highest BCUT2D eigenvalue weighted by Gasteiger charge is 2.26. The minimum atomic E-state index is -4.09. The molecule has 0 aromatic rings. The molecule has 0 bridgehead atoms. The van der Waals surface area contributed by atoms with Gasteiger partial charge in [0.1, 0.15) is 0 Å². The van der Waals surface area contributed by atoms with Crippen molar-refractivity contribution >= 4 is 11.8 Å². The Hall–Kier alpha value is -1.33. The van der Waals surface area contributed by atoms with E-state index in [9.17, 15) is 22.8 Å². The Morgan fingerprint density at radius 1 is 0.941 bits per heavy atom. The van der Waals surface area contributed by atoms with E-state index in [0.717, 1.165) is 4.90 Å². The summed E-state index contributed by atoms with van der Waals surface area (Å²) < 4.78 is 35.4. The molecule has 0 fully saturated rings. The average Bonchev–Trinajstić information content (AvgIpc) is 2.52. The van der Waals surface area contributed by atoms with Gasteiger partial charge in [0.15, 0.2) is 0 Å². The van der Waals surface area contributed by atoms with Crippen LogP contribution in [0, 0.1) is 0 Å². The zero-order valence-corrected chi connectivity index (χ0v) is 9.29. The van der Waals surface area contributed by atoms with Crippen molar-refractivity contribution in [3.63, 3.8) is 0 Å². The monoisotopic (exact) mass is 249 g/mol. The summed E-state index contributed by atoms with van der Waals surface area (Å²) >= 11 is 0. The standard InChI is InChI=1S/C11H14F3NO2/c12-11(13,14)7-3-1-2-4-8-15-9(16)5-6-10(15)17/h5-6H,1-4,7-8H2. The molecule has 0 spiro atoms. The molecule has 0 radical (unpaired) electrons. The number of alkyl halides is 3. The number of imide groups is 1. The molecular formula is C11H14F3NO2. The molecule has 2 amide bonds. The number of amides is 2. The molecule has 0 aromatic carbocycles. The first-order valence-electron chi connectivity index (χ1n) is 5.50. The van der Waals surface area contributed by atoms with E-state index in [-0.39, 0.29) is 24.8 Å². The first-order valence-corrected chi connectivity index (χ1v) is 5.50. The molecule has 1 rings (SSSR count). The SMILES string of the molecule is O=C1C=CC(=O)N1CCCCCCC(F)(F)F. The number of rotatable bonds is 6. The number of carbonyl (C=O) groups is 2. The molecule has 0 saturated carbocycles. The molecule has 0 aliphatic carbocycles. The van der Waals surface area contributed by atoms with Gasteiger partial charge in [-0.15, -0.1) is 0 Å².